The highest BCUT2D eigenvalue weighted by Gasteiger charge is 2.23. The number of para-hydroxylation sites is 1. The summed E-state index contributed by atoms with van der Waals surface area (Å²) >= 11 is 0. The molecule has 1 saturated heterocycles. The second-order valence-corrected chi connectivity index (χ2v) is 8.17. The Hall–Kier alpha value is -3.54. The van der Waals surface area contributed by atoms with Crippen LogP contribution in [-0.4, -0.2) is 41.5 Å². The molecule has 0 atom stereocenters. The summed E-state index contributed by atoms with van der Waals surface area (Å²) in [6.45, 7) is 5.44. The van der Waals surface area contributed by atoms with Crippen molar-refractivity contribution in [3.63, 3.8) is 0 Å². The van der Waals surface area contributed by atoms with Crippen LogP contribution in [0.15, 0.2) is 54.6 Å². The van der Waals surface area contributed by atoms with E-state index < -0.39 is 0 Å². The molecule has 0 bridgehead atoms. The van der Waals surface area contributed by atoms with Crippen molar-refractivity contribution in [3.05, 3.63) is 77.1 Å². The summed E-state index contributed by atoms with van der Waals surface area (Å²) in [5.41, 5.74) is 4.41. The molecule has 0 unspecified atom stereocenters. The summed E-state index contributed by atoms with van der Waals surface area (Å²) in [4.78, 5) is 28.2. The first-order chi connectivity index (χ1) is 15.5. The molecule has 1 N–H and O–H groups in total. The number of hydrogen-bond donors (Lipinski definition) is 1. The second kappa shape index (κ2) is 9.30. The van der Waals surface area contributed by atoms with Crippen molar-refractivity contribution >= 4 is 17.5 Å². The molecule has 0 aliphatic carbocycles. The van der Waals surface area contributed by atoms with E-state index in [1.807, 2.05) is 65.8 Å². The fraction of sp³-hybridized carbons (Fsp3) is 0.308. The lowest BCUT2D eigenvalue weighted by atomic mass is 10.1. The van der Waals surface area contributed by atoms with Crippen LogP contribution in [0.25, 0.3) is 5.69 Å². The molecule has 1 fully saturated rings. The molecule has 0 spiro atoms. The van der Waals surface area contributed by atoms with Crippen LogP contribution in [0.3, 0.4) is 0 Å². The van der Waals surface area contributed by atoms with E-state index >= 15 is 0 Å². The second-order valence-electron chi connectivity index (χ2n) is 8.17. The number of likely N-dealkylation sites (tertiary alicyclic amines) is 1. The van der Waals surface area contributed by atoms with Crippen LogP contribution >= 0.6 is 0 Å². The van der Waals surface area contributed by atoms with E-state index in [-0.39, 0.29) is 11.8 Å². The average molecular weight is 432 g/mol. The van der Waals surface area contributed by atoms with Gasteiger partial charge in [-0.05, 0) is 75.6 Å². The van der Waals surface area contributed by atoms with Gasteiger partial charge in [0.2, 0.25) is 0 Å². The minimum atomic E-state index is -0.225. The van der Waals surface area contributed by atoms with Gasteiger partial charge in [-0.2, -0.15) is 0 Å². The van der Waals surface area contributed by atoms with Crippen LogP contribution in [0.2, 0.25) is 0 Å². The third-order valence-electron chi connectivity index (χ3n) is 6.06. The molecule has 6 heteroatoms. The van der Waals surface area contributed by atoms with Gasteiger partial charge >= 0.3 is 0 Å². The van der Waals surface area contributed by atoms with Crippen molar-refractivity contribution < 1.29 is 14.3 Å². The van der Waals surface area contributed by atoms with E-state index in [1.165, 1.54) is 0 Å². The van der Waals surface area contributed by atoms with E-state index in [4.69, 9.17) is 4.74 Å². The number of nitrogens with one attached hydrogen (secondary N) is 1. The number of anilines is 1. The number of aryl methyl sites for hydroxylation is 1. The van der Waals surface area contributed by atoms with Gasteiger partial charge in [-0.25, -0.2) is 0 Å². The molecule has 1 aliphatic heterocycles. The number of benzene rings is 2. The molecule has 2 amide bonds. The molecule has 4 rings (SSSR count). The van der Waals surface area contributed by atoms with Crippen molar-refractivity contribution in [1.82, 2.24) is 9.47 Å². The Morgan fingerprint density at radius 3 is 2.28 bits per heavy atom. The van der Waals surface area contributed by atoms with Crippen LogP contribution in [0.5, 0.6) is 5.75 Å². The van der Waals surface area contributed by atoms with Crippen molar-refractivity contribution in [2.45, 2.75) is 33.1 Å². The third kappa shape index (κ3) is 4.26. The molecular formula is C26H29N3O3. The third-order valence-corrected chi connectivity index (χ3v) is 6.06. The Kier molecular flexibility index (Phi) is 6.30. The molecule has 1 aliphatic rings. The first kappa shape index (κ1) is 21.7. The Bertz CT molecular complexity index is 1130. The molecule has 2 heterocycles. The zero-order valence-electron chi connectivity index (χ0n) is 18.9. The van der Waals surface area contributed by atoms with Gasteiger partial charge in [0.25, 0.3) is 11.8 Å². The largest absolute Gasteiger partial charge is 0.497 e. The van der Waals surface area contributed by atoms with E-state index in [0.717, 1.165) is 55.2 Å². The number of ether oxygens (including phenoxy) is 1. The van der Waals surface area contributed by atoms with Crippen LogP contribution in [0.4, 0.5) is 5.69 Å². The Morgan fingerprint density at radius 2 is 1.59 bits per heavy atom. The monoisotopic (exact) mass is 431 g/mol. The van der Waals surface area contributed by atoms with Gasteiger partial charge in [0, 0.05) is 30.2 Å². The van der Waals surface area contributed by atoms with Gasteiger partial charge in [0.15, 0.2) is 0 Å². The van der Waals surface area contributed by atoms with E-state index in [0.29, 0.717) is 16.8 Å². The van der Waals surface area contributed by atoms with E-state index in [2.05, 4.69) is 5.32 Å². The van der Waals surface area contributed by atoms with Crippen LogP contribution in [0.1, 0.15) is 51.4 Å². The smallest absolute Gasteiger partial charge is 0.257 e. The summed E-state index contributed by atoms with van der Waals surface area (Å²) in [5, 5.41) is 2.98. The number of hydrogen-bond acceptors (Lipinski definition) is 3. The summed E-state index contributed by atoms with van der Waals surface area (Å²) in [7, 11) is 1.64. The standard InChI is InChI=1S/C26H29N3O3/c1-18-17-23(19(2)29(18)20-11-13-21(32-3)14-12-20)25(30)27-24-10-6-5-9-22(24)26(31)28-15-7-4-8-16-28/h5-6,9-14,17H,4,7-8,15-16H2,1-3H3,(H,27,30). The zero-order chi connectivity index (χ0) is 22.7. The number of rotatable bonds is 5. The van der Waals surface area contributed by atoms with Gasteiger partial charge in [-0.3, -0.25) is 9.59 Å². The molecule has 32 heavy (non-hydrogen) atoms. The molecule has 0 saturated carbocycles. The lowest BCUT2D eigenvalue weighted by molar-refractivity contribution is 0.0725. The number of carbonyl (C=O) groups is 2. The highest BCUT2D eigenvalue weighted by molar-refractivity contribution is 6.09. The van der Waals surface area contributed by atoms with Crippen molar-refractivity contribution in [1.29, 1.82) is 0 Å². The molecule has 166 valence electrons. The number of piperidine rings is 1. The maximum Gasteiger partial charge on any atom is 0.257 e. The molecule has 3 aromatic rings. The van der Waals surface area contributed by atoms with Crippen LogP contribution in [-0.2, 0) is 0 Å². The number of aromatic nitrogens is 1. The molecule has 6 nitrogen and oxygen atoms in total. The minimum Gasteiger partial charge on any atom is -0.497 e. The predicted molar refractivity (Wildman–Crippen MR) is 126 cm³/mol. The Labute approximate surface area is 188 Å². The highest BCUT2D eigenvalue weighted by atomic mass is 16.5. The Morgan fingerprint density at radius 1 is 0.906 bits per heavy atom. The normalized spacial score (nSPS) is 13.7. The van der Waals surface area contributed by atoms with Crippen molar-refractivity contribution in [2.24, 2.45) is 0 Å². The minimum absolute atomic E-state index is 0.0238. The predicted octanol–water partition coefficient (Wildman–Crippen LogP) is 4.98. The number of methoxy groups -OCH3 is 1. The van der Waals surface area contributed by atoms with E-state index in [9.17, 15) is 9.59 Å². The van der Waals surface area contributed by atoms with Crippen LogP contribution < -0.4 is 10.1 Å². The zero-order valence-corrected chi connectivity index (χ0v) is 18.9. The maximum absolute atomic E-state index is 13.2. The molecule has 1 aromatic heterocycles. The topological polar surface area (TPSA) is 63.6 Å². The first-order valence-corrected chi connectivity index (χ1v) is 11.0. The summed E-state index contributed by atoms with van der Waals surface area (Å²) in [5.74, 6) is 0.533. The van der Waals surface area contributed by atoms with Gasteiger partial charge in [0.1, 0.15) is 5.75 Å². The highest BCUT2D eigenvalue weighted by Crippen LogP contribution is 2.25. The summed E-state index contributed by atoms with van der Waals surface area (Å²) in [6, 6.07) is 16.9. The maximum atomic E-state index is 13.2. The average Bonchev–Trinajstić information content (AvgIpc) is 3.13. The van der Waals surface area contributed by atoms with Gasteiger partial charge in [0.05, 0.1) is 23.9 Å². The van der Waals surface area contributed by atoms with Crippen molar-refractivity contribution in [2.75, 3.05) is 25.5 Å². The fourth-order valence-corrected chi connectivity index (χ4v) is 4.36. The van der Waals surface area contributed by atoms with Crippen molar-refractivity contribution in [3.8, 4) is 11.4 Å². The first-order valence-electron chi connectivity index (χ1n) is 11.0. The van der Waals surface area contributed by atoms with Gasteiger partial charge < -0.3 is 19.5 Å². The molecule has 0 radical (unpaired) electrons. The molecular weight excluding hydrogens is 402 g/mol. The quantitative estimate of drug-likeness (QED) is 0.620. The summed E-state index contributed by atoms with van der Waals surface area (Å²) < 4.78 is 7.29. The summed E-state index contributed by atoms with van der Waals surface area (Å²) in [6.07, 6.45) is 3.21. The number of amides is 2. The SMILES string of the molecule is COc1ccc(-n2c(C)cc(C(=O)Nc3ccccc3C(=O)N3CCCCC3)c2C)cc1. The number of carbonyl (C=O) groups excluding carboxylic acids is 2. The lowest BCUT2D eigenvalue weighted by Crippen LogP contribution is -2.36. The Balaban J connectivity index is 1.59. The lowest BCUT2D eigenvalue weighted by Gasteiger charge is -2.27. The van der Waals surface area contributed by atoms with Gasteiger partial charge in [-0.15, -0.1) is 0 Å². The molecule has 2 aromatic carbocycles. The van der Waals surface area contributed by atoms with E-state index in [1.54, 1.807) is 19.2 Å². The number of nitrogens with zero attached hydrogens (tertiary/aromatic N) is 2. The van der Waals surface area contributed by atoms with Gasteiger partial charge in [-0.1, -0.05) is 12.1 Å². The fourth-order valence-electron chi connectivity index (χ4n) is 4.36. The van der Waals surface area contributed by atoms with Crippen LogP contribution in [0, 0.1) is 13.8 Å².